The van der Waals surface area contributed by atoms with E-state index in [2.05, 4.69) is 28.4 Å². The largest absolute Gasteiger partial charge is 0.740 e. The molecule has 2 aliphatic rings. The van der Waals surface area contributed by atoms with Gasteiger partial charge in [0.15, 0.2) is 0 Å². The van der Waals surface area contributed by atoms with E-state index in [4.69, 9.17) is 9.47 Å². The molecule has 0 radical (unpaired) electrons. The summed E-state index contributed by atoms with van der Waals surface area (Å²) in [5, 5.41) is 18.3. The molecule has 1 aliphatic carbocycles. The highest BCUT2D eigenvalue weighted by Crippen LogP contribution is 2.39. The van der Waals surface area contributed by atoms with E-state index < -0.39 is 6.23 Å². The number of methoxy groups -OCH3 is 1. The van der Waals surface area contributed by atoms with Crippen molar-refractivity contribution in [1.29, 1.82) is 0 Å². The second-order valence-corrected chi connectivity index (χ2v) is 7.67. The molecule has 1 aliphatic heterocycles. The number of hydroxylamine groups is 1. The molecule has 2 heterocycles. The molecule has 1 aromatic heterocycles. The number of fused-ring (bicyclic) bond motifs is 1. The Kier molecular flexibility index (Phi) is 5.64. The van der Waals surface area contributed by atoms with E-state index >= 15 is 0 Å². The quantitative estimate of drug-likeness (QED) is 0.608. The van der Waals surface area contributed by atoms with Crippen molar-refractivity contribution in [2.24, 2.45) is 11.0 Å². The number of aromatic amines is 1. The van der Waals surface area contributed by atoms with E-state index in [9.17, 15) is 5.21 Å². The van der Waals surface area contributed by atoms with Crippen LogP contribution >= 0.6 is 0 Å². The first-order chi connectivity index (χ1) is 13.2. The van der Waals surface area contributed by atoms with Gasteiger partial charge in [-0.05, 0) is 74.1 Å². The zero-order chi connectivity index (χ0) is 18.6. The second-order valence-electron chi connectivity index (χ2n) is 7.67. The van der Waals surface area contributed by atoms with Gasteiger partial charge in [-0.2, -0.15) is 5.10 Å². The van der Waals surface area contributed by atoms with Crippen LogP contribution in [0, 0.1) is 11.1 Å². The summed E-state index contributed by atoms with van der Waals surface area (Å²) in [5.41, 5.74) is 2.48. The van der Waals surface area contributed by atoms with Crippen LogP contribution in [0.15, 0.2) is 29.5 Å². The lowest BCUT2D eigenvalue weighted by molar-refractivity contribution is -0.0648. The van der Waals surface area contributed by atoms with E-state index in [1.54, 1.807) is 7.11 Å². The van der Waals surface area contributed by atoms with Crippen LogP contribution in [-0.4, -0.2) is 36.3 Å². The van der Waals surface area contributed by atoms with E-state index in [1.807, 2.05) is 12.3 Å². The standard InChI is InChI=1S/C21H28N3O3/c1-26-17-8-9-20-18(12-17)19(14-22-20)16-6-4-5-15(11-16)13-23-24(25)21-7-2-3-10-27-21/h8-9,12-16,21-22H,2-7,10-11H2,1H3/q-1/b23-13+/t15?,16-,21+/m1/s1. The Balaban J connectivity index is 1.44. The molecule has 27 heavy (non-hydrogen) atoms. The van der Waals surface area contributed by atoms with Crippen LogP contribution in [0.3, 0.4) is 0 Å². The van der Waals surface area contributed by atoms with Gasteiger partial charge < -0.3 is 24.8 Å². The Bertz CT molecular complexity index is 782. The third-order valence-electron chi connectivity index (χ3n) is 5.87. The molecule has 2 aromatic rings. The number of benzene rings is 1. The van der Waals surface area contributed by atoms with E-state index in [-0.39, 0.29) is 0 Å². The summed E-state index contributed by atoms with van der Waals surface area (Å²) < 4.78 is 10.9. The number of hydrogen-bond donors (Lipinski definition) is 1. The minimum absolute atomic E-state index is 0.333. The molecular weight excluding hydrogens is 342 g/mol. The van der Waals surface area contributed by atoms with Crippen molar-refractivity contribution in [1.82, 2.24) is 10.2 Å². The molecule has 4 rings (SSSR count). The Hall–Kier alpha value is -2.05. The highest BCUT2D eigenvalue weighted by atomic mass is 16.6. The predicted octanol–water partition coefficient (Wildman–Crippen LogP) is 4.76. The van der Waals surface area contributed by atoms with Crippen LogP contribution in [0.5, 0.6) is 5.75 Å². The highest BCUT2D eigenvalue weighted by molar-refractivity contribution is 5.85. The molecule has 1 saturated carbocycles. The topological polar surface area (TPSA) is 72.9 Å². The fourth-order valence-electron chi connectivity index (χ4n) is 4.36. The summed E-state index contributed by atoms with van der Waals surface area (Å²) in [5.74, 6) is 1.69. The maximum Gasteiger partial charge on any atom is 0.134 e. The van der Waals surface area contributed by atoms with Gasteiger partial charge in [0.1, 0.15) is 12.0 Å². The Morgan fingerprint density at radius 2 is 2.19 bits per heavy atom. The minimum atomic E-state index is -0.407. The maximum atomic E-state index is 12.2. The first kappa shape index (κ1) is 18.3. The lowest BCUT2D eigenvalue weighted by atomic mass is 9.78. The van der Waals surface area contributed by atoms with Crippen LogP contribution in [-0.2, 0) is 4.74 Å². The van der Waals surface area contributed by atoms with Crippen LogP contribution in [0.25, 0.3) is 10.9 Å². The SMILES string of the molecule is COc1ccc2[nH]cc([C@@H]3CCCC(/C=N/N([O-])[C@@H]4CCCCO4)C3)c2c1. The number of hydrogen-bond acceptors (Lipinski definition) is 5. The first-order valence-corrected chi connectivity index (χ1v) is 10.0. The van der Waals surface area contributed by atoms with Gasteiger partial charge in [-0.1, -0.05) is 6.42 Å². The van der Waals surface area contributed by atoms with Gasteiger partial charge in [0.25, 0.3) is 0 Å². The van der Waals surface area contributed by atoms with Crippen molar-refractivity contribution in [3.8, 4) is 5.75 Å². The van der Waals surface area contributed by atoms with E-state index in [0.29, 0.717) is 18.4 Å². The third kappa shape index (κ3) is 4.12. The van der Waals surface area contributed by atoms with Crippen LogP contribution in [0.4, 0.5) is 0 Å². The van der Waals surface area contributed by atoms with Gasteiger partial charge in [-0.15, -0.1) is 0 Å². The molecule has 146 valence electrons. The first-order valence-electron chi connectivity index (χ1n) is 10.0. The van der Waals surface area contributed by atoms with Crippen LogP contribution in [0.2, 0.25) is 0 Å². The predicted molar refractivity (Wildman–Crippen MR) is 107 cm³/mol. The second kappa shape index (κ2) is 8.31. The van der Waals surface area contributed by atoms with Crippen molar-refractivity contribution in [3.05, 3.63) is 35.2 Å². The zero-order valence-corrected chi connectivity index (χ0v) is 15.9. The summed E-state index contributed by atoms with van der Waals surface area (Å²) in [6.07, 6.45) is 10.8. The lowest BCUT2D eigenvalue weighted by Crippen LogP contribution is -2.32. The van der Waals surface area contributed by atoms with Crippen LogP contribution < -0.4 is 4.74 Å². The Morgan fingerprint density at radius 1 is 1.26 bits per heavy atom. The summed E-state index contributed by atoms with van der Waals surface area (Å²) in [7, 11) is 1.70. The molecule has 1 unspecified atom stereocenters. The Morgan fingerprint density at radius 3 is 3.00 bits per heavy atom. The fourth-order valence-corrected chi connectivity index (χ4v) is 4.36. The number of rotatable bonds is 5. The van der Waals surface area contributed by atoms with Crippen molar-refractivity contribution in [2.45, 2.75) is 57.1 Å². The molecule has 2 fully saturated rings. The average Bonchev–Trinajstić information content (AvgIpc) is 3.16. The average molecular weight is 370 g/mol. The summed E-state index contributed by atoms with van der Waals surface area (Å²) in [4.78, 5) is 3.38. The van der Waals surface area contributed by atoms with E-state index in [1.165, 1.54) is 17.4 Å². The number of hydrazone groups is 1. The van der Waals surface area contributed by atoms with Gasteiger partial charge in [-0.25, -0.2) is 0 Å². The zero-order valence-electron chi connectivity index (χ0n) is 15.9. The number of nitrogens with zero attached hydrogens (tertiary/aromatic N) is 2. The monoisotopic (exact) mass is 370 g/mol. The summed E-state index contributed by atoms with van der Waals surface area (Å²) in [6, 6.07) is 6.16. The van der Waals surface area contributed by atoms with Gasteiger partial charge in [0, 0.05) is 29.9 Å². The van der Waals surface area contributed by atoms with Crippen molar-refractivity contribution in [3.63, 3.8) is 0 Å². The summed E-state index contributed by atoms with van der Waals surface area (Å²) >= 11 is 0. The number of nitrogens with one attached hydrogen (secondary N) is 1. The molecule has 0 spiro atoms. The Labute approximate surface area is 160 Å². The number of ether oxygens (including phenoxy) is 2. The smallest absolute Gasteiger partial charge is 0.134 e. The normalized spacial score (nSPS) is 26.5. The molecule has 1 saturated heterocycles. The lowest BCUT2D eigenvalue weighted by Gasteiger charge is -2.36. The number of aromatic nitrogens is 1. The maximum absolute atomic E-state index is 12.2. The van der Waals surface area contributed by atoms with Gasteiger partial charge >= 0.3 is 0 Å². The highest BCUT2D eigenvalue weighted by Gasteiger charge is 2.25. The molecule has 0 bridgehead atoms. The number of H-pyrrole nitrogens is 1. The van der Waals surface area contributed by atoms with Crippen molar-refractivity contribution >= 4 is 17.1 Å². The molecule has 6 nitrogen and oxygen atoms in total. The third-order valence-corrected chi connectivity index (χ3v) is 5.87. The van der Waals surface area contributed by atoms with E-state index in [0.717, 1.165) is 55.0 Å². The fraction of sp³-hybridized carbons (Fsp3) is 0.571. The summed E-state index contributed by atoms with van der Waals surface area (Å²) in [6.45, 7) is 0.661. The molecule has 0 amide bonds. The molecular formula is C21H28N3O3-. The molecule has 1 aromatic carbocycles. The minimum Gasteiger partial charge on any atom is -0.740 e. The van der Waals surface area contributed by atoms with Crippen molar-refractivity contribution in [2.75, 3.05) is 13.7 Å². The molecule has 6 heteroatoms. The van der Waals surface area contributed by atoms with Gasteiger partial charge in [0.2, 0.25) is 0 Å². The van der Waals surface area contributed by atoms with Gasteiger partial charge in [-0.3, -0.25) is 0 Å². The molecule has 3 atom stereocenters. The van der Waals surface area contributed by atoms with Crippen LogP contribution in [0.1, 0.15) is 56.4 Å². The molecule has 1 N–H and O–H groups in total. The van der Waals surface area contributed by atoms with Crippen molar-refractivity contribution < 1.29 is 9.47 Å². The van der Waals surface area contributed by atoms with Gasteiger partial charge in [0.05, 0.1) is 7.11 Å².